The van der Waals surface area contributed by atoms with Crippen molar-refractivity contribution in [3.63, 3.8) is 0 Å². The maximum atomic E-state index is 12.0. The summed E-state index contributed by atoms with van der Waals surface area (Å²) in [4.78, 5) is 12.0. The molecule has 5 rings (SSSR count). The molecule has 0 heterocycles. The Morgan fingerprint density at radius 2 is 2.04 bits per heavy atom. The fourth-order valence-electron chi connectivity index (χ4n) is 8.11. The maximum absolute atomic E-state index is 12.0. The topological polar surface area (TPSA) is 61.1 Å². The van der Waals surface area contributed by atoms with E-state index in [-0.39, 0.29) is 29.6 Å². The van der Waals surface area contributed by atoms with Crippen LogP contribution in [0.4, 0.5) is 0 Å². The average Bonchev–Trinajstić information content (AvgIpc) is 3.35. The lowest BCUT2D eigenvalue weighted by molar-refractivity contribution is -0.116. The van der Waals surface area contributed by atoms with Crippen LogP contribution in [0, 0.1) is 64.1 Å². The molecule has 5 aliphatic rings. The molecule has 0 saturated heterocycles. The molecule has 9 unspecified atom stereocenters. The number of ketones is 1. The van der Waals surface area contributed by atoms with Crippen molar-refractivity contribution in [2.75, 3.05) is 6.61 Å². The smallest absolute Gasteiger partial charge is 0.155 e. The Morgan fingerprint density at radius 3 is 2.76 bits per heavy atom. The van der Waals surface area contributed by atoms with Gasteiger partial charge in [0.2, 0.25) is 0 Å². The Hall–Kier alpha value is -1.14. The molecule has 1 N–H and O–H groups in total. The van der Waals surface area contributed by atoms with Crippen molar-refractivity contribution in [2.24, 2.45) is 52.8 Å². The summed E-state index contributed by atoms with van der Waals surface area (Å²) in [6.07, 6.45) is 9.45. The van der Waals surface area contributed by atoms with Gasteiger partial charge in [-0.3, -0.25) is 4.79 Å². The Kier molecular flexibility index (Phi) is 3.49. The zero-order valence-corrected chi connectivity index (χ0v) is 15.2. The molecule has 134 valence electrons. The lowest BCUT2D eigenvalue weighted by Gasteiger charge is -2.57. The first kappa shape index (κ1) is 16.1. The van der Waals surface area contributed by atoms with E-state index in [9.17, 15) is 15.2 Å². The van der Waals surface area contributed by atoms with Crippen LogP contribution >= 0.6 is 0 Å². The predicted octanol–water partition coefficient (Wildman–Crippen LogP) is 3.73. The van der Waals surface area contributed by atoms with Crippen molar-refractivity contribution in [3.8, 4) is 6.07 Å². The van der Waals surface area contributed by atoms with Crippen molar-refractivity contribution < 1.29 is 9.90 Å². The summed E-state index contributed by atoms with van der Waals surface area (Å²) in [5, 5.41) is 19.9. The molecule has 4 saturated carbocycles. The number of hydrogen-bond acceptors (Lipinski definition) is 3. The van der Waals surface area contributed by atoms with Gasteiger partial charge < -0.3 is 5.11 Å². The third-order valence-electron chi connectivity index (χ3n) is 9.04. The Bertz CT molecular complexity index is 676. The SMILES string of the molecule is CCC12CCC3C4CCC(=O)C=C4C(CO)CC3C1C1CC1C2C#N. The van der Waals surface area contributed by atoms with Crippen LogP contribution in [0.3, 0.4) is 0 Å². The van der Waals surface area contributed by atoms with Gasteiger partial charge in [-0.05, 0) is 85.5 Å². The summed E-state index contributed by atoms with van der Waals surface area (Å²) in [5.41, 5.74) is 1.51. The molecule has 4 fully saturated rings. The second-order valence-electron chi connectivity index (χ2n) is 9.52. The molecule has 0 radical (unpaired) electrons. The van der Waals surface area contributed by atoms with Gasteiger partial charge in [0.05, 0.1) is 12.0 Å². The van der Waals surface area contributed by atoms with E-state index in [1.165, 1.54) is 24.8 Å². The first-order valence-electron chi connectivity index (χ1n) is 10.4. The zero-order valence-electron chi connectivity index (χ0n) is 15.2. The molecule has 0 aromatic carbocycles. The van der Waals surface area contributed by atoms with Crippen LogP contribution in [0.5, 0.6) is 0 Å². The van der Waals surface area contributed by atoms with Crippen LogP contribution in [0.15, 0.2) is 11.6 Å². The molecule has 0 amide bonds. The quantitative estimate of drug-likeness (QED) is 0.834. The largest absolute Gasteiger partial charge is 0.396 e. The molecule has 0 aromatic heterocycles. The first-order chi connectivity index (χ1) is 12.1. The van der Waals surface area contributed by atoms with Gasteiger partial charge in [-0.2, -0.15) is 5.26 Å². The summed E-state index contributed by atoms with van der Waals surface area (Å²) < 4.78 is 0. The van der Waals surface area contributed by atoms with E-state index >= 15 is 0 Å². The Morgan fingerprint density at radius 1 is 1.24 bits per heavy atom. The van der Waals surface area contributed by atoms with E-state index in [0.29, 0.717) is 36.0 Å². The highest BCUT2D eigenvalue weighted by molar-refractivity contribution is 5.91. The fraction of sp³-hybridized carbons (Fsp3) is 0.818. The van der Waals surface area contributed by atoms with Crippen LogP contribution in [0.1, 0.15) is 51.9 Å². The van der Waals surface area contributed by atoms with Crippen molar-refractivity contribution >= 4 is 5.78 Å². The summed E-state index contributed by atoms with van der Waals surface area (Å²) in [6.45, 7) is 2.49. The molecule has 3 heteroatoms. The van der Waals surface area contributed by atoms with E-state index in [1.807, 2.05) is 6.08 Å². The number of carbonyl (C=O) groups excluding carboxylic acids is 1. The standard InChI is InChI=1S/C22H29NO2/c1-2-22-6-5-15-14-4-3-13(25)8-16(14)12(11-24)7-18(15)21(22)19-9-17(19)20(22)10-23/h8,12,14-15,17-21,24H,2-7,9,11H2,1H3. The molecule has 9 atom stereocenters. The van der Waals surface area contributed by atoms with Gasteiger partial charge >= 0.3 is 0 Å². The second kappa shape index (κ2) is 5.43. The predicted molar refractivity (Wildman–Crippen MR) is 94.1 cm³/mol. The van der Waals surface area contributed by atoms with E-state index in [0.717, 1.165) is 25.2 Å². The fourth-order valence-corrected chi connectivity index (χ4v) is 8.11. The minimum atomic E-state index is 0.181. The number of fused-ring (bicyclic) bond motifs is 7. The van der Waals surface area contributed by atoms with Crippen molar-refractivity contribution in [1.82, 2.24) is 0 Å². The highest BCUT2D eigenvalue weighted by Crippen LogP contribution is 2.75. The van der Waals surface area contributed by atoms with Gasteiger partial charge in [-0.1, -0.05) is 12.5 Å². The summed E-state index contributed by atoms with van der Waals surface area (Å²) in [7, 11) is 0. The van der Waals surface area contributed by atoms with E-state index in [2.05, 4.69) is 13.0 Å². The number of nitriles is 1. The molecule has 0 aromatic rings. The third-order valence-corrected chi connectivity index (χ3v) is 9.04. The lowest BCUT2D eigenvalue weighted by atomic mass is 9.47. The highest BCUT2D eigenvalue weighted by Gasteiger charge is 2.70. The maximum Gasteiger partial charge on any atom is 0.155 e. The molecule has 0 aliphatic heterocycles. The first-order valence-corrected chi connectivity index (χ1v) is 10.4. The lowest BCUT2D eigenvalue weighted by Crippen LogP contribution is -2.51. The average molecular weight is 339 g/mol. The molecular weight excluding hydrogens is 310 g/mol. The minimum absolute atomic E-state index is 0.181. The van der Waals surface area contributed by atoms with Crippen LogP contribution in [-0.2, 0) is 4.79 Å². The van der Waals surface area contributed by atoms with E-state index < -0.39 is 0 Å². The molecule has 25 heavy (non-hydrogen) atoms. The normalized spacial score (nSPS) is 53.0. The molecule has 5 aliphatic carbocycles. The number of aliphatic hydroxyl groups is 1. The van der Waals surface area contributed by atoms with Crippen LogP contribution in [-0.4, -0.2) is 17.5 Å². The third kappa shape index (κ3) is 1.98. The number of nitrogens with zero attached hydrogens (tertiary/aromatic N) is 1. The van der Waals surface area contributed by atoms with Gasteiger partial charge in [-0.25, -0.2) is 0 Å². The van der Waals surface area contributed by atoms with Crippen LogP contribution in [0.2, 0.25) is 0 Å². The Balaban J connectivity index is 1.54. The van der Waals surface area contributed by atoms with Crippen LogP contribution < -0.4 is 0 Å². The number of carbonyl (C=O) groups is 1. The number of aliphatic hydroxyl groups excluding tert-OH is 1. The highest BCUT2D eigenvalue weighted by atomic mass is 16.3. The van der Waals surface area contributed by atoms with E-state index in [4.69, 9.17) is 0 Å². The number of hydrogen-bond donors (Lipinski definition) is 1. The molecule has 0 bridgehead atoms. The van der Waals surface area contributed by atoms with Crippen molar-refractivity contribution in [3.05, 3.63) is 11.6 Å². The Labute approximate surface area is 150 Å². The van der Waals surface area contributed by atoms with Crippen molar-refractivity contribution in [1.29, 1.82) is 5.26 Å². The summed E-state index contributed by atoms with van der Waals surface area (Å²) >= 11 is 0. The molecular formula is C22H29NO2. The molecule has 3 nitrogen and oxygen atoms in total. The van der Waals surface area contributed by atoms with Crippen LogP contribution in [0.25, 0.3) is 0 Å². The molecule has 0 spiro atoms. The van der Waals surface area contributed by atoms with Gasteiger partial charge in [0.15, 0.2) is 5.78 Å². The van der Waals surface area contributed by atoms with E-state index in [1.54, 1.807) is 0 Å². The van der Waals surface area contributed by atoms with Gasteiger partial charge in [-0.15, -0.1) is 0 Å². The van der Waals surface area contributed by atoms with Gasteiger partial charge in [0.1, 0.15) is 0 Å². The number of rotatable bonds is 2. The van der Waals surface area contributed by atoms with Gasteiger partial charge in [0.25, 0.3) is 0 Å². The summed E-state index contributed by atoms with van der Waals surface area (Å²) in [6, 6.07) is 2.72. The minimum Gasteiger partial charge on any atom is -0.396 e. The zero-order chi connectivity index (χ0) is 17.3. The summed E-state index contributed by atoms with van der Waals surface area (Å²) in [5.74, 6) is 4.70. The second-order valence-corrected chi connectivity index (χ2v) is 9.52. The van der Waals surface area contributed by atoms with Crippen molar-refractivity contribution in [2.45, 2.75) is 51.9 Å². The monoisotopic (exact) mass is 339 g/mol. The van der Waals surface area contributed by atoms with Gasteiger partial charge in [0, 0.05) is 18.9 Å².